The van der Waals surface area contributed by atoms with Gasteiger partial charge in [0, 0.05) is 57.5 Å². The average molecular weight is 403 g/mol. The highest BCUT2D eigenvalue weighted by Crippen LogP contribution is 2.31. The van der Waals surface area contributed by atoms with E-state index >= 15 is 0 Å². The van der Waals surface area contributed by atoms with Crippen LogP contribution < -0.4 is 4.90 Å². The molecule has 0 bridgehead atoms. The predicted octanol–water partition coefficient (Wildman–Crippen LogP) is 3.35. The van der Waals surface area contributed by atoms with Gasteiger partial charge in [0.25, 0.3) is 0 Å². The van der Waals surface area contributed by atoms with Crippen molar-refractivity contribution in [2.75, 3.05) is 37.2 Å². The zero-order chi connectivity index (χ0) is 19.9. The molecule has 1 aliphatic rings. The SMILES string of the molecule is C[C@@H]1COCCN1c1cc(N=S(C)(C)=O)nc(-c2cc(F)cc3[nH]ccc23)n1. The van der Waals surface area contributed by atoms with E-state index < -0.39 is 9.73 Å². The molecule has 1 atom stereocenters. The third-order valence-electron chi connectivity index (χ3n) is 4.55. The molecule has 0 unspecified atom stereocenters. The second-order valence-electron chi connectivity index (χ2n) is 7.19. The van der Waals surface area contributed by atoms with Gasteiger partial charge in [-0.05, 0) is 25.1 Å². The van der Waals surface area contributed by atoms with Crippen LogP contribution in [0.25, 0.3) is 22.3 Å². The van der Waals surface area contributed by atoms with Crippen LogP contribution in [0, 0.1) is 5.82 Å². The van der Waals surface area contributed by atoms with Crippen LogP contribution in [-0.4, -0.2) is 57.5 Å². The number of morpholine rings is 1. The fourth-order valence-corrected chi connectivity index (χ4v) is 3.89. The largest absolute Gasteiger partial charge is 0.377 e. The minimum absolute atomic E-state index is 0.122. The van der Waals surface area contributed by atoms with Crippen LogP contribution in [0.1, 0.15) is 6.92 Å². The third kappa shape index (κ3) is 3.85. The fourth-order valence-electron chi connectivity index (χ4n) is 3.35. The summed E-state index contributed by atoms with van der Waals surface area (Å²) in [6.45, 7) is 3.91. The lowest BCUT2D eigenvalue weighted by atomic mass is 10.1. The molecule has 3 aromatic rings. The Hall–Kier alpha value is -2.52. The molecule has 148 valence electrons. The van der Waals surface area contributed by atoms with E-state index in [1.165, 1.54) is 12.1 Å². The fraction of sp³-hybridized carbons (Fsp3) is 0.368. The van der Waals surface area contributed by atoms with Crippen molar-refractivity contribution in [3.63, 3.8) is 0 Å². The first-order valence-corrected chi connectivity index (χ1v) is 11.3. The van der Waals surface area contributed by atoms with Gasteiger partial charge in [0.15, 0.2) is 11.6 Å². The van der Waals surface area contributed by atoms with Crippen LogP contribution >= 0.6 is 0 Å². The zero-order valence-electron chi connectivity index (χ0n) is 16.0. The topological polar surface area (TPSA) is 83.5 Å². The van der Waals surface area contributed by atoms with E-state index in [4.69, 9.17) is 9.72 Å². The van der Waals surface area contributed by atoms with E-state index in [9.17, 15) is 8.60 Å². The number of H-pyrrole nitrogens is 1. The quantitative estimate of drug-likeness (QED) is 0.725. The van der Waals surface area contributed by atoms with E-state index in [1.54, 1.807) is 24.8 Å². The summed E-state index contributed by atoms with van der Waals surface area (Å²) in [4.78, 5) is 14.3. The second kappa shape index (κ2) is 7.14. The Bertz CT molecular complexity index is 1140. The summed E-state index contributed by atoms with van der Waals surface area (Å²) in [5.74, 6) is 0.951. The second-order valence-corrected chi connectivity index (χ2v) is 9.74. The molecule has 28 heavy (non-hydrogen) atoms. The van der Waals surface area contributed by atoms with Crippen LogP contribution in [0.5, 0.6) is 0 Å². The molecule has 1 aromatic carbocycles. The summed E-state index contributed by atoms with van der Waals surface area (Å²) in [5, 5.41) is 0.813. The molecule has 1 aliphatic heterocycles. The maximum absolute atomic E-state index is 14.2. The van der Waals surface area contributed by atoms with Crippen molar-refractivity contribution >= 4 is 32.3 Å². The normalized spacial score (nSPS) is 17.9. The van der Waals surface area contributed by atoms with Crippen molar-refractivity contribution < 1.29 is 13.3 Å². The summed E-state index contributed by atoms with van der Waals surface area (Å²) in [7, 11) is -2.42. The van der Waals surface area contributed by atoms with Crippen molar-refractivity contribution in [1.82, 2.24) is 15.0 Å². The minimum Gasteiger partial charge on any atom is -0.377 e. The van der Waals surface area contributed by atoms with Crippen LogP contribution in [-0.2, 0) is 14.5 Å². The summed E-state index contributed by atoms with van der Waals surface area (Å²) in [6, 6.07) is 6.56. The highest BCUT2D eigenvalue weighted by molar-refractivity contribution is 7.92. The van der Waals surface area contributed by atoms with Crippen molar-refractivity contribution in [1.29, 1.82) is 0 Å². The molecule has 1 fully saturated rings. The van der Waals surface area contributed by atoms with Crippen molar-refractivity contribution in [2.24, 2.45) is 4.36 Å². The number of nitrogens with zero attached hydrogens (tertiary/aromatic N) is 4. The number of anilines is 1. The van der Waals surface area contributed by atoms with Gasteiger partial charge in [0.1, 0.15) is 11.6 Å². The Morgan fingerprint density at radius 1 is 1.32 bits per heavy atom. The summed E-state index contributed by atoms with van der Waals surface area (Å²) in [6.07, 6.45) is 4.86. The van der Waals surface area contributed by atoms with Crippen LogP contribution in [0.3, 0.4) is 0 Å². The molecule has 0 saturated carbocycles. The first-order chi connectivity index (χ1) is 13.3. The summed E-state index contributed by atoms with van der Waals surface area (Å²) >= 11 is 0. The number of fused-ring (bicyclic) bond motifs is 1. The molecule has 1 saturated heterocycles. The van der Waals surface area contributed by atoms with Gasteiger partial charge < -0.3 is 14.6 Å². The van der Waals surface area contributed by atoms with Crippen LogP contribution in [0.2, 0.25) is 0 Å². The molecule has 2 aromatic heterocycles. The molecular weight excluding hydrogens is 381 g/mol. The summed E-state index contributed by atoms with van der Waals surface area (Å²) in [5.41, 5.74) is 1.23. The molecule has 0 amide bonds. The molecule has 9 heteroatoms. The first kappa shape index (κ1) is 18.8. The number of aromatic nitrogens is 3. The Morgan fingerprint density at radius 2 is 2.14 bits per heavy atom. The zero-order valence-corrected chi connectivity index (χ0v) is 16.8. The van der Waals surface area contributed by atoms with Crippen molar-refractivity contribution in [3.8, 4) is 11.4 Å². The van der Waals surface area contributed by atoms with E-state index in [0.29, 0.717) is 48.3 Å². The van der Waals surface area contributed by atoms with E-state index in [-0.39, 0.29) is 11.9 Å². The van der Waals surface area contributed by atoms with Crippen molar-refractivity contribution in [2.45, 2.75) is 13.0 Å². The number of hydrogen-bond donors (Lipinski definition) is 1. The Balaban J connectivity index is 1.93. The summed E-state index contributed by atoms with van der Waals surface area (Å²) < 4.78 is 36.2. The Labute approximate surface area is 163 Å². The number of hydrogen-bond acceptors (Lipinski definition) is 6. The van der Waals surface area contributed by atoms with Crippen LogP contribution in [0.4, 0.5) is 16.0 Å². The minimum atomic E-state index is -2.42. The van der Waals surface area contributed by atoms with Gasteiger partial charge >= 0.3 is 0 Å². The predicted molar refractivity (Wildman–Crippen MR) is 109 cm³/mol. The third-order valence-corrected chi connectivity index (χ3v) is 5.18. The molecular formula is C19H22FN5O2S. The number of benzene rings is 1. The molecule has 3 heterocycles. The lowest BCUT2D eigenvalue weighted by Gasteiger charge is -2.34. The number of nitrogens with one attached hydrogen (secondary N) is 1. The highest BCUT2D eigenvalue weighted by atomic mass is 32.2. The van der Waals surface area contributed by atoms with E-state index in [1.807, 2.05) is 13.0 Å². The maximum Gasteiger partial charge on any atom is 0.167 e. The van der Waals surface area contributed by atoms with Gasteiger partial charge in [0.05, 0.1) is 19.3 Å². The maximum atomic E-state index is 14.2. The van der Waals surface area contributed by atoms with Gasteiger partial charge in [-0.2, -0.15) is 4.36 Å². The molecule has 1 N–H and O–H groups in total. The molecule has 0 spiro atoms. The standard InChI is InChI=1S/C19H22FN5O2S/c1-12-11-27-7-6-25(12)18-10-17(24-28(2,3)26)22-19(23-18)15-8-13(20)9-16-14(15)4-5-21-16/h4-5,8-10,12,21H,6-7,11H2,1-3H3/t12-/m1/s1. The van der Waals surface area contributed by atoms with Gasteiger partial charge in [-0.15, -0.1) is 0 Å². The van der Waals surface area contributed by atoms with Gasteiger partial charge in [-0.25, -0.2) is 18.6 Å². The molecule has 7 nitrogen and oxygen atoms in total. The number of halogens is 1. The molecule has 0 radical (unpaired) electrons. The first-order valence-electron chi connectivity index (χ1n) is 8.98. The molecule has 0 aliphatic carbocycles. The van der Waals surface area contributed by atoms with Gasteiger partial charge in [-0.1, -0.05) is 0 Å². The monoisotopic (exact) mass is 403 g/mol. The van der Waals surface area contributed by atoms with E-state index in [2.05, 4.69) is 19.2 Å². The average Bonchev–Trinajstić information content (AvgIpc) is 3.08. The van der Waals surface area contributed by atoms with Crippen LogP contribution in [0.15, 0.2) is 34.8 Å². The van der Waals surface area contributed by atoms with Gasteiger partial charge in [-0.3, -0.25) is 0 Å². The van der Waals surface area contributed by atoms with E-state index in [0.717, 1.165) is 5.39 Å². The van der Waals surface area contributed by atoms with Crippen molar-refractivity contribution in [3.05, 3.63) is 36.3 Å². The smallest absolute Gasteiger partial charge is 0.167 e. The number of ether oxygens (including phenoxy) is 1. The Morgan fingerprint density at radius 3 is 2.89 bits per heavy atom. The lowest BCUT2D eigenvalue weighted by molar-refractivity contribution is 0.0985. The molecule has 4 rings (SSSR count). The Kier molecular flexibility index (Phi) is 4.80. The number of rotatable bonds is 3. The highest BCUT2D eigenvalue weighted by Gasteiger charge is 2.22. The van der Waals surface area contributed by atoms with Gasteiger partial charge in [0.2, 0.25) is 0 Å². The lowest BCUT2D eigenvalue weighted by Crippen LogP contribution is -2.44. The number of aromatic amines is 1.